The van der Waals surface area contributed by atoms with Gasteiger partial charge in [0.25, 0.3) is 5.91 Å². The lowest BCUT2D eigenvalue weighted by atomic mass is 10.2. The monoisotopic (exact) mass is 329 g/mol. The van der Waals surface area contributed by atoms with Crippen molar-refractivity contribution in [3.8, 4) is 11.5 Å². The number of benzene rings is 1. The molecule has 2 rings (SSSR count). The van der Waals surface area contributed by atoms with E-state index < -0.39 is 0 Å². The van der Waals surface area contributed by atoms with E-state index in [2.05, 4.69) is 21.2 Å². The van der Waals surface area contributed by atoms with Gasteiger partial charge < -0.3 is 19.5 Å². The summed E-state index contributed by atoms with van der Waals surface area (Å²) in [7, 11) is 1.62. The van der Waals surface area contributed by atoms with Crippen molar-refractivity contribution >= 4 is 21.8 Å². The molecule has 0 bridgehead atoms. The highest BCUT2D eigenvalue weighted by molar-refractivity contribution is 9.09. The number of nitrogens with one attached hydrogen (secondary N) is 1. The topological polar surface area (TPSA) is 56.8 Å². The zero-order chi connectivity index (χ0) is 13.7. The van der Waals surface area contributed by atoms with Gasteiger partial charge in [0.1, 0.15) is 13.2 Å². The lowest BCUT2D eigenvalue weighted by molar-refractivity contribution is 0.0949. The molecule has 1 aromatic rings. The number of hydrogen-bond donors (Lipinski definition) is 1. The zero-order valence-electron chi connectivity index (χ0n) is 10.6. The SMILES string of the molecule is COCC(Br)CNC(=O)c1ccc2c(c1)OCCO2. The molecule has 0 aromatic heterocycles. The van der Waals surface area contributed by atoms with Crippen LogP contribution in [0.4, 0.5) is 0 Å². The van der Waals surface area contributed by atoms with E-state index in [1.165, 1.54) is 0 Å². The molecule has 1 N–H and O–H groups in total. The number of carbonyl (C=O) groups is 1. The normalized spacial score (nSPS) is 14.8. The second kappa shape index (κ2) is 6.77. The molecular weight excluding hydrogens is 314 g/mol. The second-order valence-corrected chi connectivity index (χ2v) is 5.42. The van der Waals surface area contributed by atoms with Crippen molar-refractivity contribution in [2.24, 2.45) is 0 Å². The molecule has 1 aliphatic rings. The quantitative estimate of drug-likeness (QED) is 0.833. The highest BCUT2D eigenvalue weighted by Gasteiger charge is 2.15. The maximum Gasteiger partial charge on any atom is 0.251 e. The van der Waals surface area contributed by atoms with Crippen molar-refractivity contribution in [1.82, 2.24) is 5.32 Å². The standard InChI is InChI=1S/C13H16BrNO4/c1-17-8-10(14)7-15-13(16)9-2-3-11-12(6-9)19-5-4-18-11/h2-3,6,10H,4-5,7-8H2,1H3,(H,15,16). The van der Waals surface area contributed by atoms with Gasteiger partial charge in [0.05, 0.1) is 11.4 Å². The van der Waals surface area contributed by atoms with Crippen molar-refractivity contribution < 1.29 is 19.0 Å². The minimum absolute atomic E-state index is 0.0960. The van der Waals surface area contributed by atoms with Crippen LogP contribution in [0.3, 0.4) is 0 Å². The predicted octanol–water partition coefficient (Wildman–Crippen LogP) is 1.60. The van der Waals surface area contributed by atoms with E-state index in [0.717, 1.165) is 0 Å². The molecule has 1 aliphatic heterocycles. The van der Waals surface area contributed by atoms with Crippen molar-refractivity contribution in [1.29, 1.82) is 0 Å². The first-order chi connectivity index (χ1) is 9.20. The Morgan fingerprint density at radius 3 is 2.89 bits per heavy atom. The fraction of sp³-hybridized carbons (Fsp3) is 0.462. The van der Waals surface area contributed by atoms with Gasteiger partial charge in [-0.3, -0.25) is 4.79 Å². The number of rotatable bonds is 5. The van der Waals surface area contributed by atoms with Gasteiger partial charge in [-0.15, -0.1) is 0 Å². The van der Waals surface area contributed by atoms with Crippen LogP contribution in [0.2, 0.25) is 0 Å². The van der Waals surface area contributed by atoms with Gasteiger partial charge >= 0.3 is 0 Å². The minimum Gasteiger partial charge on any atom is -0.486 e. The summed E-state index contributed by atoms with van der Waals surface area (Å²) >= 11 is 3.41. The third kappa shape index (κ3) is 3.84. The summed E-state index contributed by atoms with van der Waals surface area (Å²) in [6.45, 7) is 2.10. The van der Waals surface area contributed by atoms with Gasteiger partial charge in [-0.1, -0.05) is 15.9 Å². The lowest BCUT2D eigenvalue weighted by Crippen LogP contribution is -2.31. The Hall–Kier alpha value is -1.27. The molecule has 1 amide bonds. The Kier molecular flexibility index (Phi) is 5.04. The number of alkyl halides is 1. The Balaban J connectivity index is 1.95. The molecule has 1 unspecified atom stereocenters. The van der Waals surface area contributed by atoms with Gasteiger partial charge in [-0.05, 0) is 18.2 Å². The Labute approximate surface area is 120 Å². The third-order valence-corrected chi connectivity index (χ3v) is 3.22. The Morgan fingerprint density at radius 1 is 1.42 bits per heavy atom. The molecule has 0 spiro atoms. The number of carbonyl (C=O) groups excluding carboxylic acids is 1. The van der Waals surface area contributed by atoms with E-state index in [1.54, 1.807) is 25.3 Å². The fourth-order valence-corrected chi connectivity index (χ4v) is 2.16. The maximum absolute atomic E-state index is 12.0. The number of methoxy groups -OCH3 is 1. The minimum atomic E-state index is -0.141. The molecule has 104 valence electrons. The van der Waals surface area contributed by atoms with Crippen LogP contribution in [-0.4, -0.2) is 44.2 Å². The highest BCUT2D eigenvalue weighted by Crippen LogP contribution is 2.30. The number of fused-ring (bicyclic) bond motifs is 1. The number of amides is 1. The highest BCUT2D eigenvalue weighted by atomic mass is 79.9. The van der Waals surface area contributed by atoms with Crippen LogP contribution < -0.4 is 14.8 Å². The van der Waals surface area contributed by atoms with Gasteiger partial charge in [0, 0.05) is 19.2 Å². The van der Waals surface area contributed by atoms with Crippen molar-refractivity contribution in [3.63, 3.8) is 0 Å². The summed E-state index contributed by atoms with van der Waals surface area (Å²) in [6, 6.07) is 5.18. The van der Waals surface area contributed by atoms with Gasteiger partial charge in [0.2, 0.25) is 0 Å². The molecule has 0 saturated carbocycles. The predicted molar refractivity (Wildman–Crippen MR) is 74.4 cm³/mol. The van der Waals surface area contributed by atoms with Crippen LogP contribution in [0.15, 0.2) is 18.2 Å². The first-order valence-electron chi connectivity index (χ1n) is 6.01. The Bertz CT molecular complexity index is 452. The van der Waals surface area contributed by atoms with Crippen LogP contribution in [0.25, 0.3) is 0 Å². The third-order valence-electron chi connectivity index (χ3n) is 2.64. The van der Waals surface area contributed by atoms with E-state index in [0.29, 0.717) is 43.4 Å². The van der Waals surface area contributed by atoms with Crippen LogP contribution in [0, 0.1) is 0 Å². The van der Waals surface area contributed by atoms with E-state index in [-0.39, 0.29) is 10.7 Å². The number of hydrogen-bond acceptors (Lipinski definition) is 4. The average Bonchev–Trinajstić information content (AvgIpc) is 2.44. The molecule has 1 heterocycles. The second-order valence-electron chi connectivity index (χ2n) is 4.12. The molecule has 0 saturated heterocycles. The molecule has 1 atom stereocenters. The van der Waals surface area contributed by atoms with Crippen molar-refractivity contribution in [2.75, 3.05) is 33.5 Å². The van der Waals surface area contributed by atoms with Crippen LogP contribution in [0.5, 0.6) is 11.5 Å². The summed E-state index contributed by atoms with van der Waals surface area (Å²) in [5.41, 5.74) is 0.557. The molecule has 19 heavy (non-hydrogen) atoms. The van der Waals surface area contributed by atoms with Crippen molar-refractivity contribution in [3.05, 3.63) is 23.8 Å². The maximum atomic E-state index is 12.0. The largest absolute Gasteiger partial charge is 0.486 e. The zero-order valence-corrected chi connectivity index (χ0v) is 12.2. The molecule has 0 fully saturated rings. The summed E-state index contributed by atoms with van der Waals surface area (Å²) in [4.78, 5) is 12.1. The smallest absolute Gasteiger partial charge is 0.251 e. The number of halogens is 1. The van der Waals surface area contributed by atoms with Crippen LogP contribution in [0.1, 0.15) is 10.4 Å². The Morgan fingerprint density at radius 2 is 2.16 bits per heavy atom. The van der Waals surface area contributed by atoms with E-state index in [9.17, 15) is 4.79 Å². The molecule has 0 radical (unpaired) electrons. The fourth-order valence-electron chi connectivity index (χ4n) is 1.73. The van der Waals surface area contributed by atoms with E-state index in [4.69, 9.17) is 14.2 Å². The molecule has 6 heteroatoms. The molecule has 0 aliphatic carbocycles. The summed E-state index contributed by atoms with van der Waals surface area (Å²) < 4.78 is 15.8. The van der Waals surface area contributed by atoms with E-state index in [1.807, 2.05) is 0 Å². The summed E-state index contributed by atoms with van der Waals surface area (Å²) in [5.74, 6) is 1.16. The van der Waals surface area contributed by atoms with E-state index >= 15 is 0 Å². The first-order valence-corrected chi connectivity index (χ1v) is 6.93. The van der Waals surface area contributed by atoms with Gasteiger partial charge in [-0.2, -0.15) is 0 Å². The first kappa shape index (κ1) is 14.1. The average molecular weight is 330 g/mol. The summed E-state index contributed by atoms with van der Waals surface area (Å²) in [5, 5.41) is 2.83. The van der Waals surface area contributed by atoms with Crippen molar-refractivity contribution in [2.45, 2.75) is 4.83 Å². The van der Waals surface area contributed by atoms with Gasteiger partial charge in [-0.25, -0.2) is 0 Å². The molecular formula is C13H16BrNO4. The number of ether oxygens (including phenoxy) is 3. The molecule has 5 nitrogen and oxygen atoms in total. The van der Waals surface area contributed by atoms with Crippen LogP contribution in [-0.2, 0) is 4.74 Å². The van der Waals surface area contributed by atoms with Crippen LogP contribution >= 0.6 is 15.9 Å². The molecule has 1 aromatic carbocycles. The summed E-state index contributed by atoms with van der Waals surface area (Å²) in [6.07, 6.45) is 0. The van der Waals surface area contributed by atoms with Gasteiger partial charge in [0.15, 0.2) is 11.5 Å². The lowest BCUT2D eigenvalue weighted by Gasteiger charge is -2.18.